The molecular weight excluding hydrogens is 299 g/mol. The van der Waals surface area contributed by atoms with E-state index in [0.29, 0.717) is 16.9 Å². The summed E-state index contributed by atoms with van der Waals surface area (Å²) in [6.45, 7) is 8.27. The van der Waals surface area contributed by atoms with Crippen LogP contribution in [0.5, 0.6) is 0 Å². The number of fused-ring (bicyclic) bond motifs is 1. The maximum atomic E-state index is 6.12. The van der Waals surface area contributed by atoms with Gasteiger partial charge in [-0.15, -0.1) is 0 Å². The van der Waals surface area contributed by atoms with Gasteiger partial charge in [0.1, 0.15) is 17.5 Å². The van der Waals surface area contributed by atoms with E-state index in [1.807, 2.05) is 16.8 Å². The van der Waals surface area contributed by atoms with Crippen LogP contribution < -0.4 is 0 Å². The standard InChI is InChI=1S/C13H18Cl2N2OSi/c1-19(2,3)7-6-18-9-17-5-4-10-11(14)8-12(15)16-13(10)17/h4-5,8H,6-7,9H2,1-3H3. The van der Waals surface area contributed by atoms with Crippen molar-refractivity contribution in [2.45, 2.75) is 32.4 Å². The molecule has 2 rings (SSSR count). The van der Waals surface area contributed by atoms with Crippen molar-refractivity contribution in [2.75, 3.05) is 6.61 Å². The first kappa shape index (κ1) is 14.8. The van der Waals surface area contributed by atoms with E-state index in [9.17, 15) is 0 Å². The summed E-state index contributed by atoms with van der Waals surface area (Å²) in [4.78, 5) is 4.30. The van der Waals surface area contributed by atoms with Crippen molar-refractivity contribution in [3.05, 3.63) is 28.5 Å². The summed E-state index contributed by atoms with van der Waals surface area (Å²) in [7, 11) is -1.04. The van der Waals surface area contributed by atoms with E-state index in [0.717, 1.165) is 23.7 Å². The molecule has 2 heterocycles. The highest BCUT2D eigenvalue weighted by Gasteiger charge is 2.12. The summed E-state index contributed by atoms with van der Waals surface area (Å²) in [5.74, 6) is 0. The highest BCUT2D eigenvalue weighted by atomic mass is 35.5. The van der Waals surface area contributed by atoms with Crippen LogP contribution >= 0.6 is 23.2 Å². The van der Waals surface area contributed by atoms with E-state index < -0.39 is 8.07 Å². The zero-order valence-electron chi connectivity index (χ0n) is 11.4. The van der Waals surface area contributed by atoms with Crippen LogP contribution in [-0.2, 0) is 11.5 Å². The maximum Gasteiger partial charge on any atom is 0.145 e. The first-order chi connectivity index (χ1) is 8.87. The van der Waals surface area contributed by atoms with E-state index in [-0.39, 0.29) is 0 Å². The van der Waals surface area contributed by atoms with Gasteiger partial charge in [-0.2, -0.15) is 0 Å². The number of hydrogen-bond donors (Lipinski definition) is 0. The molecule has 2 aromatic rings. The van der Waals surface area contributed by atoms with Crippen molar-refractivity contribution in [3.8, 4) is 0 Å². The summed E-state index contributed by atoms with van der Waals surface area (Å²) in [6.07, 6.45) is 1.92. The molecule has 0 aromatic carbocycles. The fourth-order valence-electron chi connectivity index (χ4n) is 1.74. The molecular formula is C13H18Cl2N2OSi. The molecule has 6 heteroatoms. The summed E-state index contributed by atoms with van der Waals surface area (Å²) in [5, 5.41) is 1.93. The zero-order valence-corrected chi connectivity index (χ0v) is 13.9. The van der Waals surface area contributed by atoms with Crippen molar-refractivity contribution in [3.63, 3.8) is 0 Å². The van der Waals surface area contributed by atoms with Crippen molar-refractivity contribution in [1.82, 2.24) is 9.55 Å². The highest BCUT2D eigenvalue weighted by Crippen LogP contribution is 2.26. The van der Waals surface area contributed by atoms with Crippen molar-refractivity contribution >= 4 is 42.3 Å². The monoisotopic (exact) mass is 316 g/mol. The molecule has 0 radical (unpaired) electrons. The van der Waals surface area contributed by atoms with E-state index in [4.69, 9.17) is 27.9 Å². The average molecular weight is 317 g/mol. The molecule has 19 heavy (non-hydrogen) atoms. The molecule has 0 aliphatic heterocycles. The van der Waals surface area contributed by atoms with E-state index >= 15 is 0 Å². The molecule has 0 atom stereocenters. The van der Waals surface area contributed by atoms with Gasteiger partial charge in [0.05, 0.1) is 5.02 Å². The minimum atomic E-state index is -1.04. The average Bonchev–Trinajstić information content (AvgIpc) is 2.66. The summed E-state index contributed by atoms with van der Waals surface area (Å²) in [5.41, 5.74) is 0.769. The zero-order chi connectivity index (χ0) is 14.0. The maximum absolute atomic E-state index is 6.12. The highest BCUT2D eigenvalue weighted by molar-refractivity contribution is 6.76. The number of rotatable bonds is 5. The number of nitrogens with zero attached hydrogens (tertiary/aromatic N) is 2. The van der Waals surface area contributed by atoms with Gasteiger partial charge >= 0.3 is 0 Å². The summed E-state index contributed by atoms with van der Waals surface area (Å²) in [6, 6.07) is 4.74. The van der Waals surface area contributed by atoms with Crippen LogP contribution in [0.3, 0.4) is 0 Å². The first-order valence-electron chi connectivity index (χ1n) is 6.25. The topological polar surface area (TPSA) is 27.1 Å². The van der Waals surface area contributed by atoms with Gasteiger partial charge in [0, 0.05) is 26.3 Å². The quantitative estimate of drug-likeness (QED) is 0.456. The first-order valence-corrected chi connectivity index (χ1v) is 10.7. The lowest BCUT2D eigenvalue weighted by atomic mass is 10.3. The lowest BCUT2D eigenvalue weighted by Gasteiger charge is -2.15. The van der Waals surface area contributed by atoms with Crippen molar-refractivity contribution in [1.29, 1.82) is 0 Å². The van der Waals surface area contributed by atoms with Gasteiger partial charge in [0.25, 0.3) is 0 Å². The van der Waals surface area contributed by atoms with Crippen LogP contribution in [0.2, 0.25) is 35.9 Å². The fraction of sp³-hybridized carbons (Fsp3) is 0.462. The molecule has 0 saturated carbocycles. The number of aromatic nitrogens is 2. The van der Waals surface area contributed by atoms with Crippen molar-refractivity contribution in [2.24, 2.45) is 0 Å². The predicted octanol–water partition coefficient (Wildman–Crippen LogP) is 4.66. The number of hydrogen-bond acceptors (Lipinski definition) is 2. The Balaban J connectivity index is 2.05. The second-order valence-corrected chi connectivity index (χ2v) is 12.2. The third kappa shape index (κ3) is 3.95. The largest absolute Gasteiger partial charge is 0.361 e. The Morgan fingerprint density at radius 3 is 2.74 bits per heavy atom. The molecule has 0 fully saturated rings. The molecule has 3 nitrogen and oxygen atoms in total. The number of halogens is 2. The van der Waals surface area contributed by atoms with Crippen LogP contribution in [0.1, 0.15) is 0 Å². The van der Waals surface area contributed by atoms with E-state index in [1.165, 1.54) is 0 Å². The van der Waals surface area contributed by atoms with Crippen LogP contribution in [0, 0.1) is 0 Å². The second-order valence-electron chi connectivity index (χ2n) is 5.80. The summed E-state index contributed by atoms with van der Waals surface area (Å²) >= 11 is 12.1. The molecule has 0 unspecified atom stereocenters. The van der Waals surface area contributed by atoms with Crippen LogP contribution in [-0.4, -0.2) is 24.2 Å². The van der Waals surface area contributed by atoms with Gasteiger partial charge in [-0.1, -0.05) is 42.8 Å². The van der Waals surface area contributed by atoms with Gasteiger partial charge in [0.2, 0.25) is 0 Å². The molecule has 0 aliphatic rings. The Morgan fingerprint density at radius 1 is 1.32 bits per heavy atom. The van der Waals surface area contributed by atoms with Gasteiger partial charge < -0.3 is 9.30 Å². The fourth-order valence-corrected chi connectivity index (χ4v) is 2.99. The number of pyridine rings is 1. The smallest absolute Gasteiger partial charge is 0.145 e. The molecule has 0 N–H and O–H groups in total. The summed E-state index contributed by atoms with van der Waals surface area (Å²) < 4.78 is 7.64. The molecule has 0 spiro atoms. The van der Waals surface area contributed by atoms with Gasteiger partial charge in [0.15, 0.2) is 0 Å². The van der Waals surface area contributed by atoms with Crippen LogP contribution in [0.15, 0.2) is 18.3 Å². The van der Waals surface area contributed by atoms with Gasteiger partial charge in [-0.05, 0) is 18.2 Å². The Bertz CT molecular complexity index is 578. The third-order valence-electron chi connectivity index (χ3n) is 2.88. The van der Waals surface area contributed by atoms with Gasteiger partial charge in [-0.3, -0.25) is 0 Å². The normalized spacial score (nSPS) is 12.3. The van der Waals surface area contributed by atoms with Crippen molar-refractivity contribution < 1.29 is 4.74 Å². The Hall–Kier alpha value is -0.553. The Labute approximate surface area is 124 Å². The molecule has 0 bridgehead atoms. The van der Waals surface area contributed by atoms with Gasteiger partial charge in [-0.25, -0.2) is 4.98 Å². The SMILES string of the molecule is C[Si](C)(C)CCOCn1ccc2c(Cl)cc(Cl)nc21. The molecule has 0 aliphatic carbocycles. The second kappa shape index (κ2) is 5.83. The minimum Gasteiger partial charge on any atom is -0.361 e. The minimum absolute atomic E-state index is 0.402. The van der Waals surface area contributed by atoms with Crippen LogP contribution in [0.4, 0.5) is 0 Å². The van der Waals surface area contributed by atoms with E-state index in [1.54, 1.807) is 6.07 Å². The predicted molar refractivity (Wildman–Crippen MR) is 83.9 cm³/mol. The lowest BCUT2D eigenvalue weighted by molar-refractivity contribution is 0.0899. The molecule has 104 valence electrons. The third-order valence-corrected chi connectivity index (χ3v) is 5.09. The Kier molecular flexibility index (Phi) is 4.56. The Morgan fingerprint density at radius 2 is 2.05 bits per heavy atom. The molecule has 0 saturated heterocycles. The molecule has 2 aromatic heterocycles. The molecule has 0 amide bonds. The lowest BCUT2D eigenvalue weighted by Crippen LogP contribution is -2.22. The van der Waals surface area contributed by atoms with E-state index in [2.05, 4.69) is 24.6 Å². The number of ether oxygens (including phenoxy) is 1. The van der Waals surface area contributed by atoms with Crippen LogP contribution in [0.25, 0.3) is 11.0 Å².